The Morgan fingerprint density at radius 2 is 1.94 bits per heavy atom. The molecule has 0 aromatic heterocycles. The Labute approximate surface area is 96.4 Å². The molecule has 1 aliphatic heterocycles. The number of carbonyl (C=O) groups excluding carboxylic acids is 2. The highest BCUT2D eigenvalue weighted by molar-refractivity contribution is 8.27. The third-order valence-electron chi connectivity index (χ3n) is 2.20. The minimum absolute atomic E-state index is 0.184. The van der Waals surface area contributed by atoms with Crippen LogP contribution in [-0.4, -0.2) is 22.1 Å². The lowest BCUT2D eigenvalue weighted by atomic mass is 10.0. The summed E-state index contributed by atoms with van der Waals surface area (Å²) in [6.45, 7) is -0.286. The first-order valence-corrected chi connectivity index (χ1v) is 5.46. The van der Waals surface area contributed by atoms with Crippen LogP contribution in [0.3, 0.4) is 0 Å². The molecule has 0 saturated carbocycles. The van der Waals surface area contributed by atoms with Gasteiger partial charge in [-0.3, -0.25) is 9.59 Å². The second-order valence-electron chi connectivity index (χ2n) is 3.18. The molecule has 1 aromatic carbocycles. The fourth-order valence-electron chi connectivity index (χ4n) is 1.47. The zero-order chi connectivity index (χ0) is 11.5. The van der Waals surface area contributed by atoms with Crippen molar-refractivity contribution < 1.29 is 14.7 Å². The third-order valence-corrected chi connectivity index (χ3v) is 2.88. The van der Waals surface area contributed by atoms with Crippen molar-refractivity contribution in [1.29, 1.82) is 0 Å². The molecule has 0 unspecified atom stereocenters. The largest absolute Gasteiger partial charge is 0.392 e. The van der Waals surface area contributed by atoms with Crippen LogP contribution in [-0.2, 0) is 4.79 Å². The number of hydrogen-bond acceptors (Lipinski definition) is 4. The molecule has 0 radical (unpaired) electrons. The number of benzene rings is 1. The summed E-state index contributed by atoms with van der Waals surface area (Å²) in [5.41, 5.74) is 1.36. The predicted octanol–water partition coefficient (Wildman–Crippen LogP) is 1.37. The summed E-state index contributed by atoms with van der Waals surface area (Å²) in [7, 11) is 0. The second kappa shape index (κ2) is 4.51. The molecule has 0 spiro atoms. The van der Waals surface area contributed by atoms with E-state index in [1.54, 1.807) is 24.3 Å². The Morgan fingerprint density at radius 1 is 1.25 bits per heavy atom. The van der Waals surface area contributed by atoms with Crippen LogP contribution in [0.15, 0.2) is 36.0 Å². The lowest BCUT2D eigenvalue weighted by Crippen LogP contribution is -2.14. The van der Waals surface area contributed by atoms with Gasteiger partial charge < -0.3 is 10.4 Å². The number of aliphatic hydroxyl groups excluding tert-OH is 1. The fraction of sp³-hybridized carbons (Fsp3) is 0.0909. The van der Waals surface area contributed by atoms with Gasteiger partial charge in [0, 0.05) is 17.3 Å². The van der Waals surface area contributed by atoms with Gasteiger partial charge in [-0.25, -0.2) is 0 Å². The molecule has 5 heteroatoms. The summed E-state index contributed by atoms with van der Waals surface area (Å²) in [5.74, 6) is 0. The van der Waals surface area contributed by atoms with Gasteiger partial charge in [0.05, 0.1) is 6.61 Å². The first-order chi connectivity index (χ1) is 7.72. The molecule has 0 aliphatic carbocycles. The quantitative estimate of drug-likeness (QED) is 0.760. The summed E-state index contributed by atoms with van der Waals surface area (Å²) in [4.78, 5) is 22.5. The zero-order valence-electron chi connectivity index (χ0n) is 8.27. The standard InChI is InChI=1S/C11H9NO3S/c13-6-8(7-4-2-1-3-5-7)9-10(14)16-11(15)12-9/h1-5,13H,6H2,(H,12,15). The van der Waals surface area contributed by atoms with E-state index in [0.29, 0.717) is 17.3 Å². The van der Waals surface area contributed by atoms with Gasteiger partial charge in [0.25, 0.3) is 5.24 Å². The Hall–Kier alpha value is -1.59. The van der Waals surface area contributed by atoms with Crippen LogP contribution in [0.4, 0.5) is 4.79 Å². The van der Waals surface area contributed by atoms with E-state index in [4.69, 9.17) is 0 Å². The monoisotopic (exact) mass is 235 g/mol. The van der Waals surface area contributed by atoms with Crippen LogP contribution < -0.4 is 5.32 Å². The van der Waals surface area contributed by atoms with E-state index < -0.39 is 5.24 Å². The van der Waals surface area contributed by atoms with E-state index in [1.165, 1.54) is 0 Å². The van der Waals surface area contributed by atoms with Crippen molar-refractivity contribution in [2.24, 2.45) is 0 Å². The van der Waals surface area contributed by atoms with Crippen molar-refractivity contribution in [2.45, 2.75) is 0 Å². The Kier molecular flexibility index (Phi) is 3.07. The first-order valence-electron chi connectivity index (χ1n) is 4.65. The molecule has 1 aliphatic rings. The highest BCUT2D eigenvalue weighted by atomic mass is 32.2. The molecule has 0 atom stereocenters. The number of amides is 1. The lowest BCUT2D eigenvalue weighted by Gasteiger charge is -2.06. The van der Waals surface area contributed by atoms with Gasteiger partial charge in [-0.05, 0) is 5.56 Å². The number of nitrogens with one attached hydrogen (secondary N) is 1. The molecular formula is C11H9NO3S. The van der Waals surface area contributed by atoms with E-state index in [1.807, 2.05) is 6.07 Å². The predicted molar refractivity (Wildman–Crippen MR) is 61.6 cm³/mol. The Balaban J connectivity index is 2.47. The van der Waals surface area contributed by atoms with E-state index in [9.17, 15) is 14.7 Å². The zero-order valence-corrected chi connectivity index (χ0v) is 9.08. The van der Waals surface area contributed by atoms with Crippen molar-refractivity contribution in [3.8, 4) is 0 Å². The average molecular weight is 235 g/mol. The van der Waals surface area contributed by atoms with Gasteiger partial charge in [-0.1, -0.05) is 30.3 Å². The summed E-state index contributed by atoms with van der Waals surface area (Å²) in [6, 6.07) is 9.01. The minimum atomic E-state index is -0.401. The highest BCUT2D eigenvalue weighted by Crippen LogP contribution is 2.26. The molecular weight excluding hydrogens is 226 g/mol. The number of rotatable bonds is 2. The molecule has 16 heavy (non-hydrogen) atoms. The summed E-state index contributed by atoms with van der Waals surface area (Å²) in [6.07, 6.45) is 0. The number of thioether (sulfide) groups is 1. The summed E-state index contributed by atoms with van der Waals surface area (Å²) < 4.78 is 0. The normalized spacial score (nSPS) is 18.6. The van der Waals surface area contributed by atoms with Crippen LogP contribution in [0.5, 0.6) is 0 Å². The average Bonchev–Trinajstić information content (AvgIpc) is 2.61. The van der Waals surface area contributed by atoms with Gasteiger partial charge in [0.1, 0.15) is 5.70 Å². The molecule has 2 N–H and O–H groups in total. The summed E-state index contributed by atoms with van der Waals surface area (Å²) >= 11 is 0.609. The van der Waals surface area contributed by atoms with Crippen LogP contribution >= 0.6 is 11.8 Å². The van der Waals surface area contributed by atoms with Crippen molar-refractivity contribution in [3.05, 3.63) is 41.6 Å². The molecule has 1 heterocycles. The van der Waals surface area contributed by atoms with E-state index in [0.717, 1.165) is 5.56 Å². The number of aliphatic hydroxyl groups is 1. The van der Waals surface area contributed by atoms with Crippen LogP contribution in [0.2, 0.25) is 0 Å². The maximum atomic E-state index is 11.5. The van der Waals surface area contributed by atoms with E-state index >= 15 is 0 Å². The van der Waals surface area contributed by atoms with Crippen molar-refractivity contribution in [1.82, 2.24) is 5.32 Å². The van der Waals surface area contributed by atoms with Crippen molar-refractivity contribution >= 4 is 27.7 Å². The van der Waals surface area contributed by atoms with Gasteiger partial charge in [0.15, 0.2) is 0 Å². The van der Waals surface area contributed by atoms with Crippen LogP contribution in [0, 0.1) is 0 Å². The second-order valence-corrected chi connectivity index (χ2v) is 4.13. The summed E-state index contributed by atoms with van der Waals surface area (Å²) in [5, 5.41) is 11.0. The van der Waals surface area contributed by atoms with Crippen LogP contribution in [0.25, 0.3) is 5.57 Å². The van der Waals surface area contributed by atoms with Gasteiger partial charge in [-0.2, -0.15) is 0 Å². The molecule has 1 amide bonds. The molecule has 1 aromatic rings. The topological polar surface area (TPSA) is 66.4 Å². The van der Waals surface area contributed by atoms with Gasteiger partial charge in [-0.15, -0.1) is 0 Å². The third kappa shape index (κ3) is 2.00. The molecule has 1 fully saturated rings. The van der Waals surface area contributed by atoms with E-state index in [2.05, 4.69) is 5.32 Å². The maximum absolute atomic E-state index is 11.5. The number of hydrogen-bond donors (Lipinski definition) is 2. The molecule has 0 bridgehead atoms. The molecule has 1 saturated heterocycles. The van der Waals surface area contributed by atoms with Crippen molar-refractivity contribution in [2.75, 3.05) is 6.61 Å². The molecule has 2 rings (SSSR count). The van der Waals surface area contributed by atoms with Crippen LogP contribution in [0.1, 0.15) is 5.56 Å². The van der Waals surface area contributed by atoms with Gasteiger partial charge >= 0.3 is 0 Å². The highest BCUT2D eigenvalue weighted by Gasteiger charge is 2.28. The first kappa shape index (κ1) is 10.9. The van der Waals surface area contributed by atoms with Crippen molar-refractivity contribution in [3.63, 3.8) is 0 Å². The minimum Gasteiger partial charge on any atom is -0.392 e. The SMILES string of the molecule is O=C1NC(=C(CO)c2ccccc2)C(=O)S1. The fourth-order valence-corrected chi connectivity index (χ4v) is 2.06. The molecule has 4 nitrogen and oxygen atoms in total. The molecule has 82 valence electrons. The smallest absolute Gasteiger partial charge is 0.291 e. The van der Waals surface area contributed by atoms with Gasteiger partial charge in [0.2, 0.25) is 5.12 Å². The Morgan fingerprint density at radius 3 is 2.44 bits per heavy atom. The lowest BCUT2D eigenvalue weighted by molar-refractivity contribution is -0.107. The van der Waals surface area contributed by atoms with E-state index in [-0.39, 0.29) is 17.4 Å². The maximum Gasteiger partial charge on any atom is 0.291 e. The number of carbonyl (C=O) groups is 2. The Bertz CT molecular complexity index is 467.